The van der Waals surface area contributed by atoms with E-state index in [1.807, 2.05) is 0 Å². The molecule has 0 spiro atoms. The molecule has 0 saturated carbocycles. The van der Waals surface area contributed by atoms with Crippen LogP contribution < -0.4 is 0 Å². The smallest absolute Gasteiger partial charge is 0.462 e. The molecule has 2 unspecified atom stereocenters. The Balaban J connectivity index is 5.21. The van der Waals surface area contributed by atoms with Gasteiger partial charge >= 0.3 is 39.5 Å². The number of aliphatic hydroxyl groups excluding tert-OH is 1. The summed E-state index contributed by atoms with van der Waals surface area (Å²) in [6.07, 6.45) is 48.3. The van der Waals surface area contributed by atoms with E-state index in [1.165, 1.54) is 122 Å². The lowest BCUT2D eigenvalue weighted by Crippen LogP contribution is -2.30. The van der Waals surface area contributed by atoms with Gasteiger partial charge in [-0.15, -0.1) is 0 Å². The van der Waals surface area contributed by atoms with Crippen molar-refractivity contribution in [2.75, 3.05) is 39.6 Å². The van der Waals surface area contributed by atoms with Crippen LogP contribution in [-0.2, 0) is 65.4 Å². The third kappa shape index (κ3) is 60.5. The van der Waals surface area contributed by atoms with Crippen molar-refractivity contribution >= 4 is 39.5 Å². The molecule has 0 aliphatic carbocycles. The van der Waals surface area contributed by atoms with Gasteiger partial charge in [-0.1, -0.05) is 264 Å². The predicted molar refractivity (Wildman–Crippen MR) is 344 cm³/mol. The van der Waals surface area contributed by atoms with Gasteiger partial charge in [-0.05, 0) is 57.3 Å². The van der Waals surface area contributed by atoms with Crippen molar-refractivity contribution in [2.24, 2.45) is 5.92 Å². The first-order valence-electron chi connectivity index (χ1n) is 34.5. The first-order chi connectivity index (χ1) is 41.5. The van der Waals surface area contributed by atoms with E-state index in [1.54, 1.807) is 0 Å². The molecule has 0 fully saturated rings. The van der Waals surface area contributed by atoms with Crippen LogP contribution in [0.25, 0.3) is 0 Å². The second-order valence-corrected chi connectivity index (χ2v) is 26.9. The summed E-state index contributed by atoms with van der Waals surface area (Å²) in [6.45, 7) is 7.06. The highest BCUT2D eigenvalue weighted by atomic mass is 31.2. The maximum absolute atomic E-state index is 13.0. The first-order valence-corrected chi connectivity index (χ1v) is 37.4. The van der Waals surface area contributed by atoms with Gasteiger partial charge < -0.3 is 33.8 Å². The van der Waals surface area contributed by atoms with Crippen molar-refractivity contribution in [3.8, 4) is 0 Å². The van der Waals surface area contributed by atoms with Crippen LogP contribution in [0.15, 0.2) is 24.3 Å². The van der Waals surface area contributed by atoms with Crippen LogP contribution in [0.1, 0.15) is 317 Å². The Morgan fingerprint density at radius 2 is 0.628 bits per heavy atom. The van der Waals surface area contributed by atoms with Gasteiger partial charge in [0.25, 0.3) is 0 Å². The lowest BCUT2D eigenvalue weighted by molar-refractivity contribution is -0.161. The van der Waals surface area contributed by atoms with Crippen molar-refractivity contribution in [1.82, 2.24) is 0 Å². The Kier molecular flexibility index (Phi) is 58.4. The lowest BCUT2D eigenvalue weighted by Gasteiger charge is -2.21. The molecule has 19 heteroatoms. The Labute approximate surface area is 522 Å². The molecule has 0 rings (SSSR count). The van der Waals surface area contributed by atoms with E-state index in [0.717, 1.165) is 115 Å². The highest BCUT2D eigenvalue weighted by Gasteiger charge is 2.30. The van der Waals surface area contributed by atoms with E-state index in [-0.39, 0.29) is 25.7 Å². The minimum absolute atomic E-state index is 0.0848. The van der Waals surface area contributed by atoms with Crippen LogP contribution in [0.4, 0.5) is 0 Å². The van der Waals surface area contributed by atoms with E-state index in [2.05, 4.69) is 58.9 Å². The number of allylic oxidation sites excluding steroid dienone is 4. The van der Waals surface area contributed by atoms with E-state index in [9.17, 15) is 43.2 Å². The molecule has 17 nitrogen and oxygen atoms in total. The number of phosphoric ester groups is 2. The number of rotatable bonds is 65. The van der Waals surface area contributed by atoms with Crippen molar-refractivity contribution in [2.45, 2.75) is 335 Å². The molecule has 3 N–H and O–H groups in total. The highest BCUT2D eigenvalue weighted by Crippen LogP contribution is 2.45. The van der Waals surface area contributed by atoms with Gasteiger partial charge in [0, 0.05) is 25.7 Å². The number of hydrogen-bond acceptors (Lipinski definition) is 15. The van der Waals surface area contributed by atoms with Gasteiger partial charge in [0.1, 0.15) is 19.3 Å². The third-order valence-electron chi connectivity index (χ3n) is 14.9. The van der Waals surface area contributed by atoms with Gasteiger partial charge in [-0.25, -0.2) is 9.13 Å². The number of carbonyl (C=O) groups is 4. The summed E-state index contributed by atoms with van der Waals surface area (Å²) in [5.74, 6) is -1.41. The van der Waals surface area contributed by atoms with Crippen LogP contribution in [-0.4, -0.2) is 96.7 Å². The van der Waals surface area contributed by atoms with E-state index in [0.29, 0.717) is 25.7 Å². The fourth-order valence-electron chi connectivity index (χ4n) is 9.57. The Hall–Kier alpha value is -2.46. The summed E-state index contributed by atoms with van der Waals surface area (Å²) in [4.78, 5) is 72.1. The third-order valence-corrected chi connectivity index (χ3v) is 16.8. The number of phosphoric acid groups is 2. The van der Waals surface area contributed by atoms with Crippen LogP contribution >= 0.6 is 15.6 Å². The van der Waals surface area contributed by atoms with Gasteiger partial charge in [0.15, 0.2) is 12.2 Å². The topological polar surface area (TPSA) is 237 Å². The average molecular weight is 1270 g/mol. The monoisotopic (exact) mass is 1260 g/mol. The molecule has 0 aliphatic rings. The number of carbonyl (C=O) groups excluding carboxylic acids is 4. The zero-order chi connectivity index (χ0) is 63.5. The summed E-state index contributed by atoms with van der Waals surface area (Å²) in [6, 6.07) is 0. The maximum Gasteiger partial charge on any atom is 0.472 e. The van der Waals surface area contributed by atoms with Crippen LogP contribution in [0, 0.1) is 5.92 Å². The quantitative estimate of drug-likeness (QED) is 0.0169. The lowest BCUT2D eigenvalue weighted by atomic mass is 10.0. The van der Waals surface area contributed by atoms with Crippen molar-refractivity contribution < 1.29 is 80.2 Å². The van der Waals surface area contributed by atoms with Crippen LogP contribution in [0.5, 0.6) is 0 Å². The minimum atomic E-state index is -4.95. The number of hydrogen-bond donors (Lipinski definition) is 3. The van der Waals surface area contributed by atoms with Gasteiger partial charge in [-0.2, -0.15) is 0 Å². The Morgan fingerprint density at radius 3 is 0.953 bits per heavy atom. The first kappa shape index (κ1) is 83.5. The minimum Gasteiger partial charge on any atom is -0.462 e. The molecule has 0 aromatic carbocycles. The largest absolute Gasteiger partial charge is 0.472 e. The van der Waals surface area contributed by atoms with Gasteiger partial charge in [-0.3, -0.25) is 37.3 Å². The number of ether oxygens (including phenoxy) is 4. The summed E-state index contributed by atoms with van der Waals surface area (Å²) in [5.41, 5.74) is 0. The molecule has 506 valence electrons. The Morgan fingerprint density at radius 1 is 0.360 bits per heavy atom. The molecule has 0 bridgehead atoms. The molecule has 0 heterocycles. The van der Waals surface area contributed by atoms with Gasteiger partial charge in [0.2, 0.25) is 0 Å². The predicted octanol–water partition coefficient (Wildman–Crippen LogP) is 18.5. The summed E-state index contributed by atoms with van der Waals surface area (Å²) in [7, 11) is -9.90. The number of esters is 4. The molecule has 86 heavy (non-hydrogen) atoms. The highest BCUT2D eigenvalue weighted by molar-refractivity contribution is 7.47. The SMILES string of the molecule is CCCCCC/C=C\C=C/CCCCCCCC(=O)O[C@H](COC(=O)CCCCCCCCCCCCC(C)C)COP(=O)(O)OC[C@@H](O)COP(=O)(O)OC[C@@H](COC(=O)CCCCCCC)OC(=O)CCCCCCCCCCCCCCC. The molecule has 5 atom stereocenters. The zero-order valence-electron chi connectivity index (χ0n) is 54.9. The average Bonchev–Trinajstić information content (AvgIpc) is 3.66. The zero-order valence-corrected chi connectivity index (χ0v) is 56.7. The number of unbranched alkanes of at least 4 members (excludes halogenated alkanes) is 34. The van der Waals surface area contributed by atoms with E-state index < -0.39 is 97.5 Å². The summed E-state index contributed by atoms with van der Waals surface area (Å²) in [5, 5.41) is 10.5. The summed E-state index contributed by atoms with van der Waals surface area (Å²) < 4.78 is 67.9. The van der Waals surface area contributed by atoms with E-state index in [4.69, 9.17) is 37.0 Å². The molecule has 0 aromatic rings. The molecule has 0 radical (unpaired) electrons. The van der Waals surface area contributed by atoms with Crippen molar-refractivity contribution in [3.05, 3.63) is 24.3 Å². The fourth-order valence-corrected chi connectivity index (χ4v) is 11.2. The second-order valence-electron chi connectivity index (χ2n) is 24.0. The molecule has 0 aromatic heterocycles. The van der Waals surface area contributed by atoms with Crippen LogP contribution in [0.2, 0.25) is 0 Å². The molecular formula is C67H126O17P2. The normalized spacial score (nSPS) is 14.3. The fraction of sp³-hybridized carbons (Fsp3) is 0.881. The molecule has 0 amide bonds. The second kappa shape index (κ2) is 60.1. The molecular weight excluding hydrogens is 1140 g/mol. The van der Waals surface area contributed by atoms with Crippen molar-refractivity contribution in [3.63, 3.8) is 0 Å². The van der Waals surface area contributed by atoms with Crippen LogP contribution in [0.3, 0.4) is 0 Å². The number of aliphatic hydroxyl groups is 1. The van der Waals surface area contributed by atoms with E-state index >= 15 is 0 Å². The molecule has 0 aliphatic heterocycles. The standard InChI is InChI=1S/C67H126O17P2/c1-6-9-12-15-17-19-21-23-24-26-28-34-38-43-48-53-67(72)84-63(57-78-65(70)51-46-41-36-32-30-29-31-35-40-44-49-60(4)5)59-82-86(75,76)80-55-61(68)54-79-85(73,74)81-58-62(56-77-64(69)50-45-39-14-11-8-3)83-66(71)52-47-42-37-33-27-25-22-20-18-16-13-10-7-2/h19,21,23-24,60-63,68H,6-18,20,22,25-59H2,1-5H3,(H,73,74)(H,75,76)/b21-19-,24-23-/t61-,62+,63+/m0/s1. The van der Waals surface area contributed by atoms with Crippen molar-refractivity contribution in [1.29, 1.82) is 0 Å². The van der Waals surface area contributed by atoms with Gasteiger partial charge in [0.05, 0.1) is 26.4 Å². The Bertz CT molecular complexity index is 1760. The maximum atomic E-state index is 13.0. The summed E-state index contributed by atoms with van der Waals surface area (Å²) >= 11 is 0. The molecule has 0 saturated heterocycles.